The Kier molecular flexibility index (Phi) is 6.61. The highest BCUT2D eigenvalue weighted by Crippen LogP contribution is 2.16. The Morgan fingerprint density at radius 1 is 0.969 bits per heavy atom. The molecule has 3 aromatic rings. The van der Waals surface area contributed by atoms with Crippen molar-refractivity contribution < 1.29 is 9.59 Å². The summed E-state index contributed by atoms with van der Waals surface area (Å²) in [4.78, 5) is 43.7. The normalized spacial score (nSPS) is 14.3. The van der Waals surface area contributed by atoms with Crippen molar-refractivity contribution in [3.05, 3.63) is 64.7 Å². The molecule has 0 aliphatic carbocycles. The van der Waals surface area contributed by atoms with Crippen LogP contribution in [-0.2, 0) is 6.54 Å². The van der Waals surface area contributed by atoms with Gasteiger partial charge in [-0.3, -0.25) is 14.2 Å². The average molecular weight is 434 g/mol. The largest absolute Gasteiger partial charge is 0.323 e. The van der Waals surface area contributed by atoms with Gasteiger partial charge in [-0.1, -0.05) is 18.6 Å². The van der Waals surface area contributed by atoms with E-state index >= 15 is 0 Å². The van der Waals surface area contributed by atoms with E-state index in [-0.39, 0.29) is 11.3 Å². The number of piperidine rings is 1. The number of hydrogen-bond acceptors (Lipinski definition) is 5. The molecule has 2 amide bonds. The predicted octanol–water partition coefficient (Wildman–Crippen LogP) is 3.73. The molecule has 8 nitrogen and oxygen atoms in total. The first-order valence-electron chi connectivity index (χ1n) is 10.9. The maximum absolute atomic E-state index is 13.0. The first-order chi connectivity index (χ1) is 15.5. The Balaban J connectivity index is 1.46. The van der Waals surface area contributed by atoms with Crippen LogP contribution in [-0.4, -0.2) is 45.9 Å². The van der Waals surface area contributed by atoms with Gasteiger partial charge in [0, 0.05) is 30.0 Å². The van der Waals surface area contributed by atoms with Gasteiger partial charge in [-0.2, -0.15) is 0 Å². The summed E-state index contributed by atoms with van der Waals surface area (Å²) in [6.07, 6.45) is 5.29. The fourth-order valence-electron chi connectivity index (χ4n) is 3.94. The van der Waals surface area contributed by atoms with Crippen LogP contribution in [0.15, 0.2) is 53.6 Å². The lowest BCUT2D eigenvalue weighted by molar-refractivity contribution is 0.101. The van der Waals surface area contributed by atoms with Gasteiger partial charge in [0.2, 0.25) is 0 Å². The van der Waals surface area contributed by atoms with Crippen LogP contribution >= 0.6 is 0 Å². The number of carbonyl (C=O) groups excluding carboxylic acids is 2. The summed E-state index contributed by atoms with van der Waals surface area (Å²) in [5.74, 6) is -0.0762. The highest BCUT2D eigenvalue weighted by atomic mass is 16.2. The average Bonchev–Trinajstić information content (AvgIpc) is 2.80. The third-order valence-corrected chi connectivity index (χ3v) is 5.71. The van der Waals surface area contributed by atoms with Gasteiger partial charge in [0.25, 0.3) is 5.56 Å². The summed E-state index contributed by atoms with van der Waals surface area (Å²) in [6, 6.07) is 11.3. The zero-order valence-corrected chi connectivity index (χ0v) is 18.1. The summed E-state index contributed by atoms with van der Waals surface area (Å²) in [5.41, 5.74) is 1.99. The molecule has 0 spiro atoms. The van der Waals surface area contributed by atoms with Gasteiger partial charge in [-0.05, 0) is 63.2 Å². The molecule has 32 heavy (non-hydrogen) atoms. The molecule has 1 saturated heterocycles. The molecule has 0 radical (unpaired) electrons. The summed E-state index contributed by atoms with van der Waals surface area (Å²) in [6.45, 7) is 5.04. The Bertz CT molecular complexity index is 1200. The molecule has 2 N–H and O–H groups in total. The lowest BCUT2D eigenvalue weighted by Crippen LogP contribution is -2.34. The van der Waals surface area contributed by atoms with Crippen molar-refractivity contribution in [2.24, 2.45) is 0 Å². The third-order valence-electron chi connectivity index (χ3n) is 5.71. The van der Waals surface area contributed by atoms with Crippen molar-refractivity contribution in [3.63, 3.8) is 0 Å². The molecular weight excluding hydrogens is 406 g/mol. The Morgan fingerprint density at radius 2 is 1.72 bits per heavy atom. The number of fused-ring (bicyclic) bond motifs is 1. The van der Waals surface area contributed by atoms with Crippen molar-refractivity contribution in [1.29, 1.82) is 0 Å². The first-order valence-corrected chi connectivity index (χ1v) is 10.9. The maximum atomic E-state index is 13.0. The van der Waals surface area contributed by atoms with E-state index < -0.39 is 6.03 Å². The van der Waals surface area contributed by atoms with Crippen molar-refractivity contribution in [2.45, 2.75) is 32.7 Å². The molecule has 2 aromatic carbocycles. The number of amides is 2. The highest BCUT2D eigenvalue weighted by molar-refractivity contribution is 6.02. The first kappa shape index (κ1) is 21.7. The molecule has 1 fully saturated rings. The number of nitrogens with one attached hydrogen (secondary N) is 2. The van der Waals surface area contributed by atoms with Gasteiger partial charge in [0.1, 0.15) is 0 Å². The number of benzene rings is 2. The number of ketones is 1. The van der Waals surface area contributed by atoms with Crippen LogP contribution in [0.4, 0.5) is 16.2 Å². The van der Waals surface area contributed by atoms with E-state index in [0.29, 0.717) is 34.4 Å². The molecule has 8 heteroatoms. The van der Waals surface area contributed by atoms with E-state index in [0.717, 1.165) is 19.6 Å². The van der Waals surface area contributed by atoms with E-state index in [2.05, 4.69) is 20.5 Å². The Labute approximate surface area is 186 Å². The van der Waals surface area contributed by atoms with Crippen LogP contribution in [0.1, 0.15) is 36.5 Å². The number of aromatic nitrogens is 2. The summed E-state index contributed by atoms with van der Waals surface area (Å²) < 4.78 is 1.63. The van der Waals surface area contributed by atoms with Gasteiger partial charge < -0.3 is 15.5 Å². The smallest absolute Gasteiger partial charge is 0.308 e. The fraction of sp³-hybridized carbons (Fsp3) is 0.333. The lowest BCUT2D eigenvalue weighted by Gasteiger charge is -2.26. The minimum absolute atomic E-state index is 0.0762. The monoisotopic (exact) mass is 433 g/mol. The second-order valence-electron chi connectivity index (χ2n) is 8.09. The fourth-order valence-corrected chi connectivity index (χ4v) is 3.94. The minimum atomic E-state index is -0.459. The number of anilines is 2. The molecule has 1 aromatic heterocycles. The molecule has 0 saturated carbocycles. The van der Waals surface area contributed by atoms with Crippen LogP contribution < -0.4 is 16.2 Å². The van der Waals surface area contributed by atoms with Crippen LogP contribution in [0.5, 0.6) is 0 Å². The van der Waals surface area contributed by atoms with Gasteiger partial charge in [0.05, 0.1) is 17.2 Å². The van der Waals surface area contributed by atoms with Gasteiger partial charge in [-0.15, -0.1) is 0 Å². The number of hydrogen-bond donors (Lipinski definition) is 2. The number of likely N-dealkylation sites (tertiary alicyclic amines) is 1. The standard InChI is InChI=1S/C24H27N5O3/c1-17(30)18-6-5-7-19(14-18)26-24(32)27-20-8-9-22-21(15-20)23(31)29(16-25-22)13-12-28-10-3-2-4-11-28/h5-9,14-16H,2-4,10-13H2,1H3,(H2,26,27,32). The van der Waals surface area contributed by atoms with E-state index in [1.54, 1.807) is 53.4 Å². The molecule has 4 rings (SSSR count). The van der Waals surface area contributed by atoms with E-state index in [1.165, 1.54) is 26.2 Å². The highest BCUT2D eigenvalue weighted by Gasteiger charge is 2.12. The number of Topliss-reactive ketones (excluding diaryl/α,β-unsaturated/α-hetero) is 1. The zero-order valence-electron chi connectivity index (χ0n) is 18.1. The Hall–Kier alpha value is -3.52. The predicted molar refractivity (Wildman–Crippen MR) is 125 cm³/mol. The summed E-state index contributed by atoms with van der Waals surface area (Å²) >= 11 is 0. The number of carbonyl (C=O) groups is 2. The second-order valence-corrected chi connectivity index (χ2v) is 8.09. The van der Waals surface area contributed by atoms with Gasteiger partial charge >= 0.3 is 6.03 Å². The molecule has 2 heterocycles. The van der Waals surface area contributed by atoms with Crippen molar-refractivity contribution >= 4 is 34.1 Å². The second kappa shape index (κ2) is 9.74. The molecular formula is C24H27N5O3. The van der Waals surface area contributed by atoms with Crippen LogP contribution in [0.3, 0.4) is 0 Å². The lowest BCUT2D eigenvalue weighted by atomic mass is 10.1. The SMILES string of the molecule is CC(=O)c1cccc(NC(=O)Nc2ccc3ncn(CCN4CCCCC4)c(=O)c3c2)c1. The van der Waals surface area contributed by atoms with Crippen LogP contribution in [0.25, 0.3) is 10.9 Å². The minimum Gasteiger partial charge on any atom is -0.308 e. The summed E-state index contributed by atoms with van der Waals surface area (Å²) in [5, 5.41) is 5.91. The Morgan fingerprint density at radius 3 is 2.47 bits per heavy atom. The molecule has 1 aliphatic heterocycles. The van der Waals surface area contributed by atoms with E-state index in [1.807, 2.05) is 0 Å². The molecule has 0 atom stereocenters. The van der Waals surface area contributed by atoms with E-state index in [4.69, 9.17) is 0 Å². The topological polar surface area (TPSA) is 96.3 Å². The molecule has 1 aliphatic rings. The molecule has 166 valence electrons. The van der Waals surface area contributed by atoms with Gasteiger partial charge in [0.15, 0.2) is 5.78 Å². The zero-order chi connectivity index (χ0) is 22.5. The summed E-state index contributed by atoms with van der Waals surface area (Å²) in [7, 11) is 0. The number of rotatable bonds is 6. The van der Waals surface area contributed by atoms with Crippen molar-refractivity contribution in [3.8, 4) is 0 Å². The third kappa shape index (κ3) is 5.20. The molecule has 0 bridgehead atoms. The number of nitrogens with zero attached hydrogens (tertiary/aromatic N) is 3. The van der Waals surface area contributed by atoms with E-state index in [9.17, 15) is 14.4 Å². The quantitative estimate of drug-likeness (QED) is 0.578. The van der Waals surface area contributed by atoms with Crippen LogP contribution in [0.2, 0.25) is 0 Å². The number of urea groups is 1. The van der Waals surface area contributed by atoms with Crippen LogP contribution in [0, 0.1) is 0 Å². The van der Waals surface area contributed by atoms with Gasteiger partial charge in [-0.25, -0.2) is 9.78 Å². The van der Waals surface area contributed by atoms with Crippen molar-refractivity contribution in [2.75, 3.05) is 30.3 Å². The maximum Gasteiger partial charge on any atom is 0.323 e. The molecule has 0 unspecified atom stereocenters. The van der Waals surface area contributed by atoms with Crippen molar-refractivity contribution in [1.82, 2.24) is 14.5 Å².